The smallest absolute Gasteiger partial charge is 0.342 e. The number of phenols is 2. The quantitative estimate of drug-likeness (QED) is 0.753. The third-order valence-electron chi connectivity index (χ3n) is 4.35. The lowest BCUT2D eigenvalue weighted by atomic mass is 9.98. The van der Waals surface area contributed by atoms with Gasteiger partial charge in [0.15, 0.2) is 0 Å². The predicted molar refractivity (Wildman–Crippen MR) is 91.6 cm³/mol. The number of hydrogen-bond donors (Lipinski definition) is 2. The number of rotatable bonds is 1. The molecular weight excluding hydrogens is 324 g/mol. The Bertz CT molecular complexity index is 610. The van der Waals surface area contributed by atoms with Crippen LogP contribution in [0.1, 0.15) is 67.8 Å². The van der Waals surface area contributed by atoms with E-state index in [2.05, 4.69) is 0 Å². The van der Waals surface area contributed by atoms with Crippen LogP contribution in [0.15, 0.2) is 12.1 Å². The lowest BCUT2D eigenvalue weighted by molar-refractivity contribution is -0.147. The zero-order chi connectivity index (χ0) is 18.2. The minimum Gasteiger partial charge on any atom is -0.508 e. The summed E-state index contributed by atoms with van der Waals surface area (Å²) in [7, 11) is 0. The number of carbonyl (C=O) groups is 2. The Kier molecular flexibility index (Phi) is 7.10. The van der Waals surface area contributed by atoms with E-state index in [1.807, 2.05) is 0 Å². The highest BCUT2D eigenvalue weighted by molar-refractivity contribution is 5.94. The van der Waals surface area contributed by atoms with Crippen molar-refractivity contribution in [3.05, 3.63) is 23.3 Å². The highest BCUT2D eigenvalue weighted by Gasteiger charge is 2.20. The van der Waals surface area contributed by atoms with E-state index in [1.165, 1.54) is 13.0 Å². The van der Waals surface area contributed by atoms with Crippen LogP contribution in [0.2, 0.25) is 0 Å². The van der Waals surface area contributed by atoms with E-state index in [4.69, 9.17) is 9.47 Å². The van der Waals surface area contributed by atoms with Crippen LogP contribution in [0.5, 0.6) is 11.5 Å². The van der Waals surface area contributed by atoms with Gasteiger partial charge in [0.2, 0.25) is 0 Å². The Balaban J connectivity index is 2.09. The van der Waals surface area contributed by atoms with E-state index in [9.17, 15) is 19.8 Å². The van der Waals surface area contributed by atoms with Gasteiger partial charge in [-0.3, -0.25) is 4.79 Å². The van der Waals surface area contributed by atoms with Crippen LogP contribution in [0, 0.1) is 0 Å². The molecule has 1 heterocycles. The average Bonchev–Trinajstić information content (AvgIpc) is 2.52. The maximum atomic E-state index is 12.3. The molecule has 1 unspecified atom stereocenters. The van der Waals surface area contributed by atoms with Gasteiger partial charge in [0.1, 0.15) is 23.2 Å². The zero-order valence-corrected chi connectivity index (χ0v) is 14.6. The Morgan fingerprint density at radius 3 is 2.56 bits per heavy atom. The predicted octanol–water partition coefficient (Wildman–Crippen LogP) is 3.47. The van der Waals surface area contributed by atoms with E-state index < -0.39 is 5.97 Å². The molecule has 0 fully saturated rings. The second kappa shape index (κ2) is 9.30. The number of esters is 2. The zero-order valence-electron chi connectivity index (χ0n) is 14.6. The summed E-state index contributed by atoms with van der Waals surface area (Å²) in [5.74, 6) is -1.15. The summed E-state index contributed by atoms with van der Waals surface area (Å²) in [6.07, 6.45) is 6.13. The van der Waals surface area contributed by atoms with Crippen molar-refractivity contribution in [1.29, 1.82) is 0 Å². The molecule has 1 aliphatic rings. The number of ether oxygens (including phenoxy) is 2. The van der Waals surface area contributed by atoms with Crippen molar-refractivity contribution in [2.75, 3.05) is 6.61 Å². The number of fused-ring (bicyclic) bond motifs is 1. The van der Waals surface area contributed by atoms with Crippen molar-refractivity contribution >= 4 is 11.9 Å². The normalized spacial score (nSPS) is 20.0. The highest BCUT2D eigenvalue weighted by atomic mass is 16.5. The Morgan fingerprint density at radius 1 is 1.12 bits per heavy atom. The van der Waals surface area contributed by atoms with Crippen molar-refractivity contribution in [1.82, 2.24) is 0 Å². The molecule has 138 valence electrons. The van der Waals surface area contributed by atoms with Crippen molar-refractivity contribution in [3.8, 4) is 11.5 Å². The number of aryl methyl sites for hydroxylation is 1. The first kappa shape index (κ1) is 19.1. The molecule has 6 heteroatoms. The molecule has 0 saturated carbocycles. The summed E-state index contributed by atoms with van der Waals surface area (Å²) in [5, 5.41) is 19.7. The molecule has 2 rings (SSSR count). The summed E-state index contributed by atoms with van der Waals surface area (Å²) in [4.78, 5) is 23.5. The SMILES string of the molecule is CC(=O)OC1CCCCCc2cc(O)cc(O)c2C(=O)OCCCC1. The lowest BCUT2D eigenvalue weighted by Gasteiger charge is -2.18. The lowest BCUT2D eigenvalue weighted by Crippen LogP contribution is -2.17. The van der Waals surface area contributed by atoms with Gasteiger partial charge >= 0.3 is 11.9 Å². The van der Waals surface area contributed by atoms with Gasteiger partial charge in [0, 0.05) is 13.0 Å². The van der Waals surface area contributed by atoms with Crippen LogP contribution < -0.4 is 0 Å². The molecule has 1 aliphatic heterocycles. The highest BCUT2D eigenvalue weighted by Crippen LogP contribution is 2.29. The van der Waals surface area contributed by atoms with Gasteiger partial charge in [-0.05, 0) is 56.6 Å². The second-order valence-electron chi connectivity index (χ2n) is 6.46. The first-order chi connectivity index (χ1) is 12.0. The summed E-state index contributed by atoms with van der Waals surface area (Å²) < 4.78 is 10.6. The molecule has 0 bridgehead atoms. The van der Waals surface area contributed by atoms with Gasteiger partial charge in [0.25, 0.3) is 0 Å². The Hall–Kier alpha value is -2.24. The maximum Gasteiger partial charge on any atom is 0.342 e. The summed E-state index contributed by atoms with van der Waals surface area (Å²) >= 11 is 0. The molecule has 0 radical (unpaired) electrons. The first-order valence-electron chi connectivity index (χ1n) is 8.86. The number of phenolic OH excluding ortho intramolecular Hbond substituents is 2. The monoisotopic (exact) mass is 350 g/mol. The molecular formula is C19H26O6. The van der Waals surface area contributed by atoms with Crippen LogP contribution in [-0.4, -0.2) is 34.9 Å². The number of benzene rings is 1. The molecule has 0 spiro atoms. The van der Waals surface area contributed by atoms with E-state index in [-0.39, 0.29) is 35.7 Å². The largest absolute Gasteiger partial charge is 0.508 e. The summed E-state index contributed by atoms with van der Waals surface area (Å²) in [6.45, 7) is 1.66. The van der Waals surface area contributed by atoms with Crippen LogP contribution >= 0.6 is 0 Å². The second-order valence-corrected chi connectivity index (χ2v) is 6.46. The number of cyclic esters (lactones) is 1. The number of aromatic hydroxyl groups is 2. The van der Waals surface area contributed by atoms with Gasteiger partial charge in [-0.15, -0.1) is 0 Å². The van der Waals surface area contributed by atoms with E-state index >= 15 is 0 Å². The molecule has 2 N–H and O–H groups in total. The Morgan fingerprint density at radius 2 is 1.84 bits per heavy atom. The molecule has 1 atom stereocenters. The molecule has 25 heavy (non-hydrogen) atoms. The van der Waals surface area contributed by atoms with Crippen molar-refractivity contribution in [2.45, 2.75) is 64.4 Å². The molecule has 0 aliphatic carbocycles. The van der Waals surface area contributed by atoms with E-state index in [0.29, 0.717) is 18.4 Å². The molecule has 1 aromatic carbocycles. The first-order valence-corrected chi connectivity index (χ1v) is 8.86. The van der Waals surface area contributed by atoms with Crippen LogP contribution in [-0.2, 0) is 20.7 Å². The Labute approximate surface area is 147 Å². The van der Waals surface area contributed by atoms with Crippen LogP contribution in [0.4, 0.5) is 0 Å². The maximum absolute atomic E-state index is 12.3. The fraction of sp³-hybridized carbons (Fsp3) is 0.579. The van der Waals surface area contributed by atoms with Gasteiger partial charge in [-0.25, -0.2) is 4.79 Å². The van der Waals surface area contributed by atoms with Crippen molar-refractivity contribution < 1.29 is 29.3 Å². The topological polar surface area (TPSA) is 93.1 Å². The van der Waals surface area contributed by atoms with Crippen molar-refractivity contribution in [2.24, 2.45) is 0 Å². The number of carbonyl (C=O) groups excluding carboxylic acids is 2. The fourth-order valence-electron chi connectivity index (χ4n) is 3.17. The fourth-order valence-corrected chi connectivity index (χ4v) is 3.17. The number of hydrogen-bond acceptors (Lipinski definition) is 6. The standard InChI is InChI=1S/C19H26O6/c1-13(20)25-16-8-4-2-3-7-14-11-15(21)12-17(22)18(14)19(23)24-10-6-5-9-16/h11-12,16,21-22H,2-10H2,1H3. The third-order valence-corrected chi connectivity index (χ3v) is 4.35. The van der Waals surface area contributed by atoms with Gasteiger partial charge < -0.3 is 19.7 Å². The summed E-state index contributed by atoms with van der Waals surface area (Å²) in [5.41, 5.74) is 0.740. The minimum atomic E-state index is -0.568. The molecule has 0 saturated heterocycles. The van der Waals surface area contributed by atoms with Gasteiger partial charge in [0.05, 0.1) is 6.61 Å². The molecule has 1 aromatic rings. The average molecular weight is 350 g/mol. The molecule has 0 amide bonds. The van der Waals surface area contributed by atoms with Crippen molar-refractivity contribution in [3.63, 3.8) is 0 Å². The molecule has 0 aromatic heterocycles. The minimum absolute atomic E-state index is 0.0694. The third kappa shape index (κ3) is 5.96. The molecule has 6 nitrogen and oxygen atoms in total. The summed E-state index contributed by atoms with van der Waals surface area (Å²) in [6, 6.07) is 2.66. The van der Waals surface area contributed by atoms with Gasteiger partial charge in [-0.1, -0.05) is 6.42 Å². The van der Waals surface area contributed by atoms with Gasteiger partial charge in [-0.2, -0.15) is 0 Å². The van der Waals surface area contributed by atoms with Crippen LogP contribution in [0.3, 0.4) is 0 Å². The van der Waals surface area contributed by atoms with Crippen LogP contribution in [0.25, 0.3) is 0 Å². The van der Waals surface area contributed by atoms with E-state index in [0.717, 1.165) is 44.6 Å². The van der Waals surface area contributed by atoms with E-state index in [1.54, 1.807) is 0 Å².